The molecule has 0 aliphatic carbocycles. The summed E-state index contributed by atoms with van der Waals surface area (Å²) in [5, 5.41) is 4.14. The van der Waals surface area contributed by atoms with Gasteiger partial charge in [-0.25, -0.2) is 9.97 Å². The van der Waals surface area contributed by atoms with Gasteiger partial charge in [-0.05, 0) is 30.7 Å². The van der Waals surface area contributed by atoms with E-state index in [-0.39, 0.29) is 6.04 Å². The second-order valence-electron chi connectivity index (χ2n) is 3.97. The molecule has 1 aromatic carbocycles. The Balaban J connectivity index is 2.01. The summed E-state index contributed by atoms with van der Waals surface area (Å²) in [6.45, 7) is 2.77. The molecule has 1 atom stereocenters. The number of halogens is 2. The fourth-order valence-corrected chi connectivity index (χ4v) is 2.48. The molecule has 0 aliphatic heterocycles. The van der Waals surface area contributed by atoms with E-state index in [9.17, 15) is 0 Å². The van der Waals surface area contributed by atoms with Gasteiger partial charge >= 0.3 is 0 Å². The van der Waals surface area contributed by atoms with E-state index in [0.717, 1.165) is 20.8 Å². The van der Waals surface area contributed by atoms with Crippen molar-refractivity contribution in [2.75, 3.05) is 0 Å². The van der Waals surface area contributed by atoms with Crippen LogP contribution in [0.4, 0.5) is 0 Å². The summed E-state index contributed by atoms with van der Waals surface area (Å²) < 4.78 is 0.985. The molecule has 3 nitrogen and oxygen atoms in total. The number of benzene rings is 1. The lowest BCUT2D eigenvalue weighted by atomic mass is 10.1. The summed E-state index contributed by atoms with van der Waals surface area (Å²) in [5.74, 6) is 0. The van der Waals surface area contributed by atoms with Crippen molar-refractivity contribution in [3.05, 3.63) is 57.5 Å². The van der Waals surface area contributed by atoms with Crippen LogP contribution in [0.2, 0.25) is 5.02 Å². The molecule has 0 aliphatic rings. The predicted molar refractivity (Wildman–Crippen MR) is 76.4 cm³/mol. The van der Waals surface area contributed by atoms with Crippen LogP contribution < -0.4 is 5.32 Å². The van der Waals surface area contributed by atoms with Crippen LogP contribution in [0.15, 0.2) is 41.3 Å². The Morgan fingerprint density at radius 2 is 2.22 bits per heavy atom. The van der Waals surface area contributed by atoms with Crippen molar-refractivity contribution in [1.29, 1.82) is 0 Å². The summed E-state index contributed by atoms with van der Waals surface area (Å²) in [4.78, 5) is 8.06. The van der Waals surface area contributed by atoms with Crippen molar-refractivity contribution in [2.45, 2.75) is 19.5 Å². The van der Waals surface area contributed by atoms with Gasteiger partial charge in [0.05, 0.1) is 5.69 Å². The van der Waals surface area contributed by atoms with Crippen molar-refractivity contribution in [3.8, 4) is 0 Å². The molecular formula is C13H13BrClN3. The average molecular weight is 327 g/mol. The van der Waals surface area contributed by atoms with E-state index in [1.165, 1.54) is 0 Å². The SMILES string of the molecule is CC(NCc1ccncn1)c1ccc(Br)cc1Cl. The molecule has 0 spiro atoms. The van der Waals surface area contributed by atoms with Crippen LogP contribution in [0.25, 0.3) is 0 Å². The van der Waals surface area contributed by atoms with Crippen LogP contribution >= 0.6 is 27.5 Å². The van der Waals surface area contributed by atoms with Gasteiger partial charge in [0.2, 0.25) is 0 Å². The highest BCUT2D eigenvalue weighted by atomic mass is 79.9. The molecule has 18 heavy (non-hydrogen) atoms. The summed E-state index contributed by atoms with van der Waals surface area (Å²) >= 11 is 9.61. The molecule has 94 valence electrons. The Bertz CT molecular complexity index is 519. The van der Waals surface area contributed by atoms with E-state index in [4.69, 9.17) is 11.6 Å². The Morgan fingerprint density at radius 1 is 1.39 bits per heavy atom. The van der Waals surface area contributed by atoms with Crippen molar-refractivity contribution in [1.82, 2.24) is 15.3 Å². The largest absolute Gasteiger partial charge is 0.305 e. The van der Waals surface area contributed by atoms with Crippen LogP contribution in [-0.4, -0.2) is 9.97 Å². The lowest BCUT2D eigenvalue weighted by Gasteiger charge is -2.15. The number of aromatic nitrogens is 2. The number of nitrogens with zero attached hydrogens (tertiary/aromatic N) is 2. The molecule has 0 bridgehead atoms. The van der Waals surface area contributed by atoms with Crippen LogP contribution in [0, 0.1) is 0 Å². The zero-order chi connectivity index (χ0) is 13.0. The summed E-state index contributed by atoms with van der Waals surface area (Å²) in [6, 6.07) is 7.97. The monoisotopic (exact) mass is 325 g/mol. The van der Waals surface area contributed by atoms with Crippen LogP contribution in [-0.2, 0) is 6.54 Å². The van der Waals surface area contributed by atoms with E-state index in [0.29, 0.717) is 6.54 Å². The first-order valence-electron chi connectivity index (χ1n) is 5.60. The highest BCUT2D eigenvalue weighted by molar-refractivity contribution is 9.10. The molecule has 0 radical (unpaired) electrons. The molecule has 0 fully saturated rings. The smallest absolute Gasteiger partial charge is 0.115 e. The van der Waals surface area contributed by atoms with Crippen molar-refractivity contribution in [2.24, 2.45) is 0 Å². The van der Waals surface area contributed by atoms with Crippen molar-refractivity contribution < 1.29 is 0 Å². The van der Waals surface area contributed by atoms with Gasteiger partial charge in [0.25, 0.3) is 0 Å². The topological polar surface area (TPSA) is 37.8 Å². The lowest BCUT2D eigenvalue weighted by molar-refractivity contribution is 0.567. The Morgan fingerprint density at radius 3 is 2.89 bits per heavy atom. The van der Waals surface area contributed by atoms with Gasteiger partial charge in [-0.2, -0.15) is 0 Å². The van der Waals surface area contributed by atoms with Gasteiger partial charge in [0.1, 0.15) is 6.33 Å². The van der Waals surface area contributed by atoms with E-state index >= 15 is 0 Å². The second kappa shape index (κ2) is 6.27. The van der Waals surface area contributed by atoms with Gasteiger partial charge < -0.3 is 5.32 Å². The molecule has 2 rings (SSSR count). The summed E-state index contributed by atoms with van der Waals surface area (Å²) in [5.41, 5.74) is 2.04. The Hall–Kier alpha value is -0.970. The molecule has 0 amide bonds. The molecule has 0 saturated carbocycles. The minimum Gasteiger partial charge on any atom is -0.305 e. The molecule has 1 N–H and O–H groups in total. The Kier molecular flexibility index (Phi) is 4.69. The normalized spacial score (nSPS) is 12.4. The lowest BCUT2D eigenvalue weighted by Crippen LogP contribution is -2.19. The minimum atomic E-state index is 0.167. The highest BCUT2D eigenvalue weighted by Gasteiger charge is 2.09. The van der Waals surface area contributed by atoms with Crippen LogP contribution in [0.5, 0.6) is 0 Å². The second-order valence-corrected chi connectivity index (χ2v) is 5.29. The van der Waals surface area contributed by atoms with E-state index < -0.39 is 0 Å². The van der Waals surface area contributed by atoms with Crippen LogP contribution in [0.3, 0.4) is 0 Å². The number of nitrogens with one attached hydrogen (secondary N) is 1. The maximum Gasteiger partial charge on any atom is 0.115 e. The summed E-state index contributed by atoms with van der Waals surface area (Å²) in [6.07, 6.45) is 3.29. The maximum atomic E-state index is 6.21. The third-order valence-electron chi connectivity index (χ3n) is 2.66. The number of hydrogen-bond acceptors (Lipinski definition) is 3. The van der Waals surface area contributed by atoms with Gasteiger partial charge in [-0.15, -0.1) is 0 Å². The van der Waals surface area contributed by atoms with Gasteiger partial charge in [-0.1, -0.05) is 33.6 Å². The quantitative estimate of drug-likeness (QED) is 0.930. The first kappa shape index (κ1) is 13.5. The number of hydrogen-bond donors (Lipinski definition) is 1. The van der Waals surface area contributed by atoms with Crippen molar-refractivity contribution in [3.63, 3.8) is 0 Å². The van der Waals surface area contributed by atoms with Gasteiger partial charge in [0, 0.05) is 28.3 Å². The van der Waals surface area contributed by atoms with Crippen LogP contribution in [0.1, 0.15) is 24.2 Å². The Labute approximate surface area is 120 Å². The average Bonchev–Trinajstić information content (AvgIpc) is 2.37. The molecule has 1 heterocycles. The first-order chi connectivity index (χ1) is 8.66. The third-order valence-corrected chi connectivity index (χ3v) is 3.48. The first-order valence-corrected chi connectivity index (χ1v) is 6.77. The standard InChI is InChI=1S/C13H13BrClN3/c1-9(12-3-2-10(14)6-13(12)15)17-7-11-4-5-16-8-18-11/h2-6,8-9,17H,7H2,1H3. The molecule has 1 unspecified atom stereocenters. The fraction of sp³-hybridized carbons (Fsp3) is 0.231. The molecule has 0 saturated heterocycles. The molecular weight excluding hydrogens is 314 g/mol. The van der Waals surface area contributed by atoms with Gasteiger partial charge in [-0.3, -0.25) is 0 Å². The fourth-order valence-electron chi connectivity index (χ4n) is 1.64. The number of rotatable bonds is 4. The third kappa shape index (κ3) is 3.51. The van der Waals surface area contributed by atoms with E-state index in [2.05, 4.69) is 38.1 Å². The predicted octanol–water partition coefficient (Wildman–Crippen LogP) is 3.74. The molecule has 2 aromatic rings. The van der Waals surface area contributed by atoms with Gasteiger partial charge in [0.15, 0.2) is 0 Å². The zero-order valence-corrected chi connectivity index (χ0v) is 12.2. The minimum absolute atomic E-state index is 0.167. The zero-order valence-electron chi connectivity index (χ0n) is 9.90. The highest BCUT2D eigenvalue weighted by Crippen LogP contribution is 2.26. The summed E-state index contributed by atoms with van der Waals surface area (Å²) in [7, 11) is 0. The molecule has 1 aromatic heterocycles. The van der Waals surface area contributed by atoms with E-state index in [1.807, 2.05) is 24.3 Å². The maximum absolute atomic E-state index is 6.21. The molecule has 5 heteroatoms. The van der Waals surface area contributed by atoms with Crippen molar-refractivity contribution >= 4 is 27.5 Å². The van der Waals surface area contributed by atoms with E-state index in [1.54, 1.807) is 12.5 Å².